The molecule has 104 valence electrons. The van der Waals surface area contributed by atoms with E-state index in [1.54, 1.807) is 0 Å². The van der Waals surface area contributed by atoms with Gasteiger partial charge in [0.15, 0.2) is 0 Å². The number of rotatable bonds is 4. The zero-order valence-electron chi connectivity index (χ0n) is 9.02. The number of hydrogen-bond donors (Lipinski definition) is 0. The number of carbonyl (C=O) groups excluding carboxylic acids is 1. The molecule has 0 fully saturated rings. The van der Waals surface area contributed by atoms with Gasteiger partial charge in [-0.15, -0.1) is 13.2 Å². The number of halogens is 4. The molecule has 0 atom stereocenters. The minimum Gasteiger partial charge on any atom is -0.481 e. The van der Waals surface area contributed by atoms with Crippen LogP contribution in [0.5, 0.6) is 11.6 Å². The van der Waals surface area contributed by atoms with Crippen molar-refractivity contribution in [1.82, 2.24) is 4.98 Å². The molecule has 11 heteroatoms. The fourth-order valence-corrected chi connectivity index (χ4v) is 1.24. The lowest BCUT2D eigenvalue weighted by Gasteiger charge is -2.11. The zero-order chi connectivity index (χ0) is 14.8. The van der Waals surface area contributed by atoms with Gasteiger partial charge in [-0.2, -0.15) is 0 Å². The van der Waals surface area contributed by atoms with Crippen LogP contribution in [0.3, 0.4) is 0 Å². The molecule has 0 saturated carbocycles. The van der Waals surface area contributed by atoms with E-state index in [1.165, 1.54) is 0 Å². The van der Waals surface area contributed by atoms with E-state index in [4.69, 9.17) is 11.6 Å². The Morgan fingerprint density at radius 2 is 2.11 bits per heavy atom. The van der Waals surface area contributed by atoms with Crippen LogP contribution in [0.4, 0.5) is 18.9 Å². The predicted octanol–water partition coefficient (Wildman–Crippen LogP) is 2.28. The van der Waals surface area contributed by atoms with Crippen molar-refractivity contribution < 1.29 is 32.4 Å². The highest BCUT2D eigenvalue weighted by atomic mass is 35.5. The molecular formula is C8H4ClF3N2O5. The second kappa shape index (κ2) is 5.26. The van der Waals surface area contributed by atoms with Gasteiger partial charge in [0.05, 0.1) is 18.1 Å². The first-order chi connectivity index (χ1) is 8.65. The molecule has 0 radical (unpaired) electrons. The Hall–Kier alpha value is -2.10. The largest absolute Gasteiger partial charge is 0.573 e. The first kappa shape index (κ1) is 15.0. The van der Waals surface area contributed by atoms with Gasteiger partial charge in [0.25, 0.3) is 5.24 Å². The third kappa shape index (κ3) is 3.68. The van der Waals surface area contributed by atoms with Crippen molar-refractivity contribution in [2.75, 3.05) is 7.11 Å². The van der Waals surface area contributed by atoms with Crippen LogP contribution in [-0.2, 0) is 0 Å². The van der Waals surface area contributed by atoms with Gasteiger partial charge in [-0.05, 0) is 11.6 Å². The lowest BCUT2D eigenvalue weighted by molar-refractivity contribution is -0.389. The van der Waals surface area contributed by atoms with Gasteiger partial charge < -0.3 is 9.47 Å². The summed E-state index contributed by atoms with van der Waals surface area (Å²) in [7, 11) is 1.04. The quantitative estimate of drug-likeness (QED) is 0.481. The highest BCUT2D eigenvalue weighted by molar-refractivity contribution is 6.68. The lowest BCUT2D eigenvalue weighted by atomic mass is 10.3. The predicted molar refractivity (Wildman–Crippen MR) is 54.3 cm³/mol. The van der Waals surface area contributed by atoms with E-state index < -0.39 is 39.5 Å². The van der Waals surface area contributed by atoms with Gasteiger partial charge in [-0.3, -0.25) is 14.9 Å². The summed E-state index contributed by atoms with van der Waals surface area (Å²) in [6, 6.07) is 0.523. The van der Waals surface area contributed by atoms with Crippen molar-refractivity contribution in [3.63, 3.8) is 0 Å². The summed E-state index contributed by atoms with van der Waals surface area (Å²) in [5.41, 5.74) is -2.30. The summed E-state index contributed by atoms with van der Waals surface area (Å²) in [6.07, 6.45) is -5.19. The maximum absolute atomic E-state index is 12.1. The van der Waals surface area contributed by atoms with Gasteiger partial charge >= 0.3 is 12.0 Å². The number of nitro groups is 1. The number of ether oxygens (including phenoxy) is 2. The molecule has 0 spiro atoms. The van der Waals surface area contributed by atoms with Crippen molar-refractivity contribution in [2.24, 2.45) is 0 Å². The Labute approximate surface area is 108 Å². The minimum atomic E-state index is -5.19. The van der Waals surface area contributed by atoms with Crippen LogP contribution in [0.2, 0.25) is 0 Å². The molecule has 0 aromatic carbocycles. The molecule has 0 bridgehead atoms. The van der Waals surface area contributed by atoms with Crippen LogP contribution in [0.15, 0.2) is 6.07 Å². The summed E-state index contributed by atoms with van der Waals surface area (Å²) in [6.45, 7) is 0. The molecular weight excluding hydrogens is 297 g/mol. The summed E-state index contributed by atoms with van der Waals surface area (Å²) in [5.74, 6) is -1.73. The molecule has 1 heterocycles. The zero-order valence-corrected chi connectivity index (χ0v) is 9.78. The number of alkyl halides is 3. The van der Waals surface area contributed by atoms with E-state index in [0.29, 0.717) is 6.07 Å². The number of nitrogens with zero attached hydrogens (tertiary/aromatic N) is 2. The van der Waals surface area contributed by atoms with Crippen molar-refractivity contribution in [2.45, 2.75) is 6.36 Å². The topological polar surface area (TPSA) is 91.6 Å². The van der Waals surface area contributed by atoms with Gasteiger partial charge in [-0.1, -0.05) is 0 Å². The normalized spacial score (nSPS) is 11.0. The summed E-state index contributed by atoms with van der Waals surface area (Å²) in [5, 5.41) is 9.28. The van der Waals surface area contributed by atoms with Gasteiger partial charge in [0, 0.05) is 0 Å². The van der Waals surface area contributed by atoms with E-state index in [0.717, 1.165) is 7.11 Å². The highest BCUT2D eigenvalue weighted by Crippen LogP contribution is 2.37. The highest BCUT2D eigenvalue weighted by Gasteiger charge is 2.37. The fraction of sp³-hybridized carbons (Fsp3) is 0.250. The van der Waals surface area contributed by atoms with Gasteiger partial charge in [0.1, 0.15) is 0 Å². The molecule has 0 aliphatic rings. The number of methoxy groups -OCH3 is 1. The fourth-order valence-electron chi connectivity index (χ4n) is 1.11. The van der Waals surface area contributed by atoms with Crippen LogP contribution < -0.4 is 9.47 Å². The molecule has 1 rings (SSSR count). The lowest BCUT2D eigenvalue weighted by Crippen LogP contribution is -2.19. The third-order valence-electron chi connectivity index (χ3n) is 1.74. The maximum Gasteiger partial charge on any atom is 0.573 e. The van der Waals surface area contributed by atoms with E-state index in [1.807, 2.05) is 0 Å². The first-order valence-electron chi connectivity index (χ1n) is 4.34. The van der Waals surface area contributed by atoms with Crippen molar-refractivity contribution in [1.29, 1.82) is 0 Å². The Morgan fingerprint density at radius 1 is 1.53 bits per heavy atom. The minimum absolute atomic E-state index is 0.492. The third-order valence-corrected chi connectivity index (χ3v) is 1.92. The molecule has 19 heavy (non-hydrogen) atoms. The Bertz CT molecular complexity index is 534. The van der Waals surface area contributed by atoms with Crippen molar-refractivity contribution >= 4 is 22.5 Å². The van der Waals surface area contributed by atoms with Crippen molar-refractivity contribution in [3.05, 3.63) is 21.9 Å². The first-order valence-corrected chi connectivity index (χ1v) is 4.72. The number of carbonyl (C=O) groups is 1. The Kier molecular flexibility index (Phi) is 4.14. The number of aromatic nitrogens is 1. The number of pyridine rings is 1. The van der Waals surface area contributed by atoms with Gasteiger partial charge in [0.2, 0.25) is 17.3 Å². The van der Waals surface area contributed by atoms with Crippen LogP contribution in [0.1, 0.15) is 10.5 Å². The molecule has 0 aliphatic heterocycles. The SMILES string of the molecule is COc1cc(OC(F)(F)F)c([N+](=O)[O-])c(C(=O)Cl)n1. The smallest absolute Gasteiger partial charge is 0.481 e. The molecule has 0 aliphatic carbocycles. The Morgan fingerprint density at radius 3 is 2.47 bits per heavy atom. The van der Waals surface area contributed by atoms with Crippen LogP contribution >= 0.6 is 11.6 Å². The van der Waals surface area contributed by atoms with Crippen molar-refractivity contribution in [3.8, 4) is 11.6 Å². The Balaban J connectivity index is 3.53. The average Bonchev–Trinajstić information content (AvgIpc) is 2.24. The average molecular weight is 301 g/mol. The molecule has 1 aromatic rings. The molecule has 0 unspecified atom stereocenters. The molecule has 0 saturated heterocycles. The summed E-state index contributed by atoms with van der Waals surface area (Å²) < 4.78 is 44.3. The van der Waals surface area contributed by atoms with Crippen LogP contribution in [0.25, 0.3) is 0 Å². The van der Waals surface area contributed by atoms with Crippen LogP contribution in [-0.4, -0.2) is 28.6 Å². The number of hydrogen-bond acceptors (Lipinski definition) is 6. The monoisotopic (exact) mass is 300 g/mol. The summed E-state index contributed by atoms with van der Waals surface area (Å²) in [4.78, 5) is 23.7. The standard InChI is InChI=1S/C8H4ClF3N2O5/c1-18-4-2-3(19-8(10,11)12)6(14(16)17)5(13-4)7(9)15/h2H,1H3. The molecule has 0 amide bonds. The second-order valence-electron chi connectivity index (χ2n) is 2.94. The van der Waals surface area contributed by atoms with E-state index in [9.17, 15) is 28.1 Å². The van der Waals surface area contributed by atoms with Gasteiger partial charge in [-0.25, -0.2) is 4.98 Å². The van der Waals surface area contributed by atoms with E-state index >= 15 is 0 Å². The molecule has 7 nitrogen and oxygen atoms in total. The van der Waals surface area contributed by atoms with E-state index in [-0.39, 0.29) is 0 Å². The summed E-state index contributed by atoms with van der Waals surface area (Å²) >= 11 is 5.03. The van der Waals surface area contributed by atoms with E-state index in [2.05, 4.69) is 14.5 Å². The maximum atomic E-state index is 12.1. The second-order valence-corrected chi connectivity index (χ2v) is 3.28. The molecule has 0 N–H and O–H groups in total. The van der Waals surface area contributed by atoms with Crippen LogP contribution in [0, 0.1) is 10.1 Å². The molecule has 1 aromatic heterocycles.